The van der Waals surface area contributed by atoms with Crippen LogP contribution in [0, 0.1) is 0 Å². The summed E-state index contributed by atoms with van der Waals surface area (Å²) >= 11 is 0. The number of carbonyl (C=O) groups is 2. The van der Waals surface area contributed by atoms with Gasteiger partial charge in [0.05, 0.1) is 21.2 Å². The molecule has 4 aliphatic rings. The van der Waals surface area contributed by atoms with Gasteiger partial charge in [-0.2, -0.15) is 39.6 Å². The third kappa shape index (κ3) is 9.74. The van der Waals surface area contributed by atoms with E-state index in [0.29, 0.717) is 35.9 Å². The van der Waals surface area contributed by atoms with Crippen molar-refractivity contribution in [2.75, 3.05) is 23.9 Å². The summed E-state index contributed by atoms with van der Waals surface area (Å²) in [6.07, 6.45) is 2.93. The Morgan fingerprint density at radius 1 is 0.642 bits per heavy atom. The van der Waals surface area contributed by atoms with Crippen molar-refractivity contribution >= 4 is 88.3 Å². The van der Waals surface area contributed by atoms with Crippen LogP contribution in [0.5, 0.6) is 0 Å². The third-order valence-corrected chi connectivity index (χ3v) is 10.7. The molecular formula is C30H30CoN10O10S2+2. The Morgan fingerprint density at radius 3 is 1.26 bits per heavy atom. The summed E-state index contributed by atoms with van der Waals surface area (Å²) in [5, 5.41) is 22.1. The van der Waals surface area contributed by atoms with Crippen LogP contribution in [0.25, 0.3) is 0 Å². The van der Waals surface area contributed by atoms with E-state index in [-0.39, 0.29) is 38.9 Å². The van der Waals surface area contributed by atoms with Crippen molar-refractivity contribution in [1.29, 1.82) is 0 Å². The van der Waals surface area contributed by atoms with E-state index < -0.39 is 41.6 Å². The molecule has 6 rings (SSSR count). The zero-order chi connectivity index (χ0) is 38.6. The first-order valence-electron chi connectivity index (χ1n) is 14.9. The molecule has 0 spiro atoms. The van der Waals surface area contributed by atoms with Crippen LogP contribution in [0.3, 0.4) is 0 Å². The van der Waals surface area contributed by atoms with E-state index in [2.05, 4.69) is 41.5 Å². The fourth-order valence-corrected chi connectivity index (χ4v) is 7.58. The molecule has 2 aromatic rings. The Balaban J connectivity index is 0.000000314. The molecule has 4 heterocycles. The van der Waals surface area contributed by atoms with Gasteiger partial charge in [-0.3, -0.25) is 20.4 Å². The van der Waals surface area contributed by atoms with Gasteiger partial charge in [0, 0.05) is 38.4 Å². The summed E-state index contributed by atoms with van der Waals surface area (Å²) in [4.78, 5) is 59.8. The third-order valence-electron chi connectivity index (χ3n) is 7.27. The maximum atomic E-state index is 12.6. The molecule has 4 aliphatic heterocycles. The van der Waals surface area contributed by atoms with Crippen LogP contribution in [0.2, 0.25) is 0 Å². The Hall–Kier alpha value is -5.83. The predicted octanol–water partition coefficient (Wildman–Crippen LogP) is 0.647. The number of hydrogen-bond donors (Lipinski definition) is 2. The van der Waals surface area contributed by atoms with Crippen molar-refractivity contribution in [2.24, 2.45) is 30.6 Å². The van der Waals surface area contributed by atoms with Crippen LogP contribution in [-0.4, -0.2) is 88.2 Å². The fraction of sp³-hybridized carbons (Fsp3) is 0.267. The minimum Gasteiger partial charge on any atom is -0.308 e. The summed E-state index contributed by atoms with van der Waals surface area (Å²) in [5.41, 5.74) is 7.51. The number of para-hydroxylation sites is 2. The number of hydrogen-bond acceptors (Lipinski definition) is 18. The number of anilines is 2. The van der Waals surface area contributed by atoms with Gasteiger partial charge in [-0.05, 0) is 37.1 Å². The van der Waals surface area contributed by atoms with Crippen LogP contribution in [0.1, 0.15) is 39.5 Å². The van der Waals surface area contributed by atoms with Crippen molar-refractivity contribution in [3.8, 4) is 0 Å². The molecule has 0 saturated heterocycles. The average Bonchev–Trinajstić information content (AvgIpc) is 3.80. The predicted molar refractivity (Wildman–Crippen MR) is 185 cm³/mol. The number of benzene rings is 2. The van der Waals surface area contributed by atoms with Gasteiger partial charge in [-0.15, -0.1) is 10.2 Å². The summed E-state index contributed by atoms with van der Waals surface area (Å²) in [6.45, 7) is 3.90. The number of fused-ring (bicyclic) bond motifs is 2. The molecule has 0 aromatic heterocycles. The van der Waals surface area contributed by atoms with Gasteiger partial charge in [0.15, 0.2) is 11.7 Å². The van der Waals surface area contributed by atoms with E-state index in [1.54, 1.807) is 36.4 Å². The molecule has 0 fully saturated rings. The SMILES string of the molecule is CCC1=NN=C(NN=C2C(=O)N(C)c3ccccc3S2(=O)=O)C1.CCC1=NN=C(NN=C2C(=O)N(C)c3ccccc3S2(=O)=O)C1.O=C=O.O=C=O.[Co+2]. The minimum absolute atomic E-state index is 0. The van der Waals surface area contributed by atoms with Gasteiger partial charge in [0.1, 0.15) is 0 Å². The number of carbonyl (C=O) groups excluding carboxylic acids is 6. The molecule has 0 aliphatic carbocycles. The minimum atomic E-state index is -3.97. The van der Waals surface area contributed by atoms with E-state index in [4.69, 9.17) is 19.2 Å². The Kier molecular flexibility index (Phi) is 15.6. The molecule has 0 atom stereocenters. The number of amidine groups is 2. The molecule has 0 saturated carbocycles. The number of nitrogens with zero attached hydrogens (tertiary/aromatic N) is 8. The number of rotatable bonds is 4. The first-order chi connectivity index (χ1) is 24.7. The zero-order valence-corrected chi connectivity index (χ0v) is 30.9. The normalized spacial score (nSPS) is 18.6. The van der Waals surface area contributed by atoms with Crippen LogP contribution in [0.4, 0.5) is 11.4 Å². The fourth-order valence-electron chi connectivity index (χ4n) is 4.62. The van der Waals surface area contributed by atoms with Crippen LogP contribution < -0.4 is 20.7 Å². The molecule has 20 nitrogen and oxygen atoms in total. The van der Waals surface area contributed by atoms with Crippen molar-refractivity contribution in [3.05, 3.63) is 48.5 Å². The van der Waals surface area contributed by atoms with Crippen LogP contribution in [0.15, 0.2) is 88.9 Å². The molecular weight excluding hydrogens is 783 g/mol. The Morgan fingerprint density at radius 2 is 0.962 bits per heavy atom. The smallest absolute Gasteiger partial charge is 0.308 e. The molecule has 2 aromatic carbocycles. The second-order valence-corrected chi connectivity index (χ2v) is 14.0. The van der Waals surface area contributed by atoms with Gasteiger partial charge >= 0.3 is 29.1 Å². The molecule has 279 valence electrons. The van der Waals surface area contributed by atoms with E-state index in [0.717, 1.165) is 24.3 Å². The molecule has 0 bridgehead atoms. The maximum absolute atomic E-state index is 12.6. The van der Waals surface area contributed by atoms with Crippen molar-refractivity contribution in [2.45, 2.75) is 49.3 Å². The Bertz CT molecular complexity index is 2080. The monoisotopic (exact) mass is 813 g/mol. The first kappa shape index (κ1) is 43.3. The van der Waals surface area contributed by atoms with Gasteiger partial charge in [0.2, 0.25) is 29.8 Å². The van der Waals surface area contributed by atoms with E-state index >= 15 is 0 Å². The molecule has 23 heteroatoms. The number of hydrazone groups is 2. The maximum Gasteiger partial charge on any atom is 2.00 e. The number of nitrogens with one attached hydrogen (secondary N) is 2. The van der Waals surface area contributed by atoms with Gasteiger partial charge in [-0.1, -0.05) is 38.1 Å². The number of sulfone groups is 2. The van der Waals surface area contributed by atoms with Crippen LogP contribution in [-0.2, 0) is 65.2 Å². The van der Waals surface area contributed by atoms with Gasteiger partial charge in [-0.25, -0.2) is 16.8 Å². The second-order valence-electron chi connectivity index (χ2n) is 10.4. The van der Waals surface area contributed by atoms with Crippen LogP contribution >= 0.6 is 0 Å². The topological polar surface area (TPSA) is 275 Å². The molecule has 53 heavy (non-hydrogen) atoms. The summed E-state index contributed by atoms with van der Waals surface area (Å²) in [5.74, 6) is -0.546. The van der Waals surface area contributed by atoms with Crippen molar-refractivity contribution < 1.29 is 62.4 Å². The van der Waals surface area contributed by atoms with Crippen molar-refractivity contribution in [3.63, 3.8) is 0 Å². The van der Waals surface area contributed by atoms with E-state index in [1.165, 1.54) is 36.0 Å². The summed E-state index contributed by atoms with van der Waals surface area (Å²) in [7, 11) is -4.92. The van der Waals surface area contributed by atoms with E-state index in [1.807, 2.05) is 13.8 Å². The average molecular weight is 814 g/mol. The summed E-state index contributed by atoms with van der Waals surface area (Å²) < 4.78 is 50.4. The molecule has 2 N–H and O–H groups in total. The number of amides is 2. The molecule has 2 amide bonds. The standard InChI is InChI=1S/2C14H15N5O3S.2CO2.Co/c2*1-3-9-8-12(16-15-9)17-18-13-14(20)19(2)10-6-4-5-7-11(10)23(13,21)22;2*2-1-3;/h2*4-7H,3,8H2,1-2H3,(H,16,17);;;/q;;;;+2. The quantitative estimate of drug-likeness (QED) is 0.403. The van der Waals surface area contributed by atoms with E-state index in [9.17, 15) is 26.4 Å². The largest absolute Gasteiger partial charge is 2.00 e. The first-order valence-corrected chi connectivity index (χ1v) is 17.8. The molecule has 0 unspecified atom stereocenters. The second kappa shape index (κ2) is 19.1. The van der Waals surface area contributed by atoms with Gasteiger partial charge < -0.3 is 9.80 Å². The van der Waals surface area contributed by atoms with Gasteiger partial charge in [0.25, 0.3) is 11.8 Å². The zero-order valence-electron chi connectivity index (χ0n) is 28.3. The molecule has 1 radical (unpaired) electrons. The Labute approximate surface area is 312 Å². The van der Waals surface area contributed by atoms with Crippen molar-refractivity contribution in [1.82, 2.24) is 10.9 Å². The summed E-state index contributed by atoms with van der Waals surface area (Å²) in [6, 6.07) is 12.6.